The van der Waals surface area contributed by atoms with Crippen molar-refractivity contribution in [3.63, 3.8) is 0 Å². The maximum Gasteiger partial charge on any atom is 0.341 e. The van der Waals surface area contributed by atoms with E-state index in [1.807, 2.05) is 47.1 Å². The quantitative estimate of drug-likeness (QED) is 0.344. The van der Waals surface area contributed by atoms with Crippen LogP contribution in [0.5, 0.6) is 17.2 Å². The van der Waals surface area contributed by atoms with Gasteiger partial charge in [0.1, 0.15) is 11.6 Å². The summed E-state index contributed by atoms with van der Waals surface area (Å²) in [5.41, 5.74) is 3.59. The summed E-state index contributed by atoms with van der Waals surface area (Å²) in [6, 6.07) is 21.4. The first kappa shape index (κ1) is 23.8. The third-order valence-electron chi connectivity index (χ3n) is 5.47. The van der Waals surface area contributed by atoms with E-state index < -0.39 is 12.6 Å². The van der Waals surface area contributed by atoms with Gasteiger partial charge in [0.15, 0.2) is 18.1 Å². The first-order valence-electron chi connectivity index (χ1n) is 11.0. The highest BCUT2D eigenvalue weighted by atomic mass is 19.1. The second kappa shape index (κ2) is 10.7. The highest BCUT2D eigenvalue weighted by molar-refractivity contribution is 5.76. The number of carboxylic acid groups (broad SMARTS) is 1. The molecule has 0 amide bonds. The number of aromatic nitrogens is 2. The van der Waals surface area contributed by atoms with Gasteiger partial charge in [-0.05, 0) is 36.2 Å². The summed E-state index contributed by atoms with van der Waals surface area (Å²) in [7, 11) is 2.99. The van der Waals surface area contributed by atoms with Crippen molar-refractivity contribution in [2.24, 2.45) is 0 Å². The summed E-state index contributed by atoms with van der Waals surface area (Å²) in [5.74, 6) is -0.346. The summed E-state index contributed by atoms with van der Waals surface area (Å²) >= 11 is 0. The predicted molar refractivity (Wildman–Crippen MR) is 129 cm³/mol. The third kappa shape index (κ3) is 5.60. The van der Waals surface area contributed by atoms with Gasteiger partial charge in [-0.25, -0.2) is 9.18 Å². The Morgan fingerprint density at radius 2 is 1.69 bits per heavy atom. The van der Waals surface area contributed by atoms with Crippen molar-refractivity contribution in [1.82, 2.24) is 9.78 Å². The number of carboxylic acids is 1. The Kier molecular flexibility index (Phi) is 7.30. The summed E-state index contributed by atoms with van der Waals surface area (Å²) in [5, 5.41) is 13.9. The van der Waals surface area contributed by atoms with Crippen molar-refractivity contribution in [2.75, 3.05) is 20.8 Å². The number of ether oxygens (including phenoxy) is 3. The highest BCUT2D eigenvalue weighted by Gasteiger charge is 2.20. The molecule has 0 bridgehead atoms. The lowest BCUT2D eigenvalue weighted by Gasteiger charge is -2.14. The van der Waals surface area contributed by atoms with Crippen LogP contribution in [-0.4, -0.2) is 41.7 Å². The summed E-state index contributed by atoms with van der Waals surface area (Å²) < 4.78 is 32.2. The number of hydrogen-bond donors (Lipinski definition) is 1. The predicted octanol–water partition coefficient (Wildman–Crippen LogP) is 5.08. The molecule has 0 saturated heterocycles. The van der Waals surface area contributed by atoms with E-state index in [1.165, 1.54) is 26.4 Å². The molecular formula is C27H25FN2O5. The van der Waals surface area contributed by atoms with Crippen LogP contribution in [0, 0.1) is 5.82 Å². The number of aryl methyl sites for hydroxylation is 2. The van der Waals surface area contributed by atoms with Crippen LogP contribution >= 0.6 is 0 Å². The van der Waals surface area contributed by atoms with Crippen LogP contribution in [0.4, 0.5) is 4.39 Å². The smallest absolute Gasteiger partial charge is 0.341 e. The molecule has 0 atom stereocenters. The molecular weight excluding hydrogens is 451 g/mol. The maximum atomic E-state index is 14.1. The largest absolute Gasteiger partial charge is 0.493 e. The second-order valence-corrected chi connectivity index (χ2v) is 7.77. The molecule has 3 aromatic carbocycles. The van der Waals surface area contributed by atoms with E-state index in [9.17, 15) is 9.18 Å². The number of nitrogens with zero attached hydrogens (tertiary/aromatic N) is 2. The van der Waals surface area contributed by atoms with E-state index >= 15 is 0 Å². The van der Waals surface area contributed by atoms with Crippen molar-refractivity contribution < 1.29 is 28.5 Å². The Morgan fingerprint density at radius 3 is 2.37 bits per heavy atom. The molecule has 7 nitrogen and oxygen atoms in total. The Morgan fingerprint density at radius 1 is 0.943 bits per heavy atom. The molecule has 0 radical (unpaired) electrons. The third-order valence-corrected chi connectivity index (χ3v) is 5.47. The first-order chi connectivity index (χ1) is 17.0. The molecule has 4 rings (SSSR count). The minimum Gasteiger partial charge on any atom is -0.493 e. The molecule has 0 aliphatic carbocycles. The van der Waals surface area contributed by atoms with Crippen LogP contribution in [0.1, 0.15) is 5.56 Å². The maximum absolute atomic E-state index is 14.1. The highest BCUT2D eigenvalue weighted by Crippen LogP contribution is 2.41. The Balaban J connectivity index is 1.81. The zero-order chi connectivity index (χ0) is 24.8. The van der Waals surface area contributed by atoms with E-state index in [0.717, 1.165) is 17.7 Å². The van der Waals surface area contributed by atoms with Gasteiger partial charge in [-0.15, -0.1) is 0 Å². The van der Waals surface area contributed by atoms with Crippen molar-refractivity contribution >= 4 is 5.97 Å². The summed E-state index contributed by atoms with van der Waals surface area (Å²) in [6.45, 7) is 0.0163. The van der Waals surface area contributed by atoms with Crippen LogP contribution in [0.2, 0.25) is 0 Å². The average Bonchev–Trinajstić information content (AvgIpc) is 3.30. The van der Waals surface area contributed by atoms with Gasteiger partial charge >= 0.3 is 5.97 Å². The second-order valence-electron chi connectivity index (χ2n) is 7.77. The van der Waals surface area contributed by atoms with Crippen LogP contribution in [0.3, 0.4) is 0 Å². The zero-order valence-corrected chi connectivity index (χ0v) is 19.4. The number of rotatable bonds is 10. The van der Waals surface area contributed by atoms with Gasteiger partial charge in [0.2, 0.25) is 0 Å². The van der Waals surface area contributed by atoms with Crippen molar-refractivity contribution in [3.05, 3.63) is 84.2 Å². The lowest BCUT2D eigenvalue weighted by Crippen LogP contribution is -2.10. The lowest BCUT2D eigenvalue weighted by atomic mass is 10.1. The summed E-state index contributed by atoms with van der Waals surface area (Å²) in [6.07, 6.45) is 0.721. The number of benzene rings is 3. The minimum atomic E-state index is -1.11. The Bertz CT molecular complexity index is 1320. The number of halogens is 1. The van der Waals surface area contributed by atoms with Crippen molar-refractivity contribution in [2.45, 2.75) is 13.0 Å². The molecule has 1 aromatic heterocycles. The van der Waals surface area contributed by atoms with Gasteiger partial charge < -0.3 is 19.3 Å². The minimum absolute atomic E-state index is 0.281. The molecule has 35 heavy (non-hydrogen) atoms. The van der Waals surface area contributed by atoms with E-state index in [-0.39, 0.29) is 11.6 Å². The van der Waals surface area contributed by atoms with Gasteiger partial charge in [0.05, 0.1) is 25.6 Å². The van der Waals surface area contributed by atoms with Gasteiger partial charge in [0.25, 0.3) is 0 Å². The van der Waals surface area contributed by atoms with E-state index in [0.29, 0.717) is 34.9 Å². The van der Waals surface area contributed by atoms with Crippen LogP contribution in [0.15, 0.2) is 72.8 Å². The topological polar surface area (TPSA) is 82.8 Å². The number of methoxy groups -OCH3 is 2. The molecule has 0 unspecified atom stereocenters. The molecule has 180 valence electrons. The fraction of sp³-hybridized carbons (Fsp3) is 0.185. The Labute approximate surface area is 202 Å². The molecule has 0 saturated carbocycles. The van der Waals surface area contributed by atoms with Crippen molar-refractivity contribution in [3.8, 4) is 39.8 Å². The van der Waals surface area contributed by atoms with Gasteiger partial charge in [0, 0.05) is 23.7 Å². The average molecular weight is 477 g/mol. The fourth-order valence-corrected chi connectivity index (χ4v) is 3.80. The number of aliphatic carboxylic acids is 1. The molecule has 8 heteroatoms. The first-order valence-corrected chi connectivity index (χ1v) is 11.0. The molecule has 0 aliphatic heterocycles. The van der Waals surface area contributed by atoms with Crippen LogP contribution in [0.25, 0.3) is 22.5 Å². The number of carbonyl (C=O) groups is 1. The van der Waals surface area contributed by atoms with E-state index in [4.69, 9.17) is 24.4 Å². The van der Waals surface area contributed by atoms with Gasteiger partial charge in [-0.1, -0.05) is 42.5 Å². The zero-order valence-electron chi connectivity index (χ0n) is 19.4. The lowest BCUT2D eigenvalue weighted by molar-refractivity contribution is -0.139. The molecule has 4 aromatic rings. The SMILES string of the molecule is COc1cc(OCC(=O)O)c(-c2cc(-c3cccc(F)c3)n(CCc3ccccc3)n2)cc1OC. The van der Waals surface area contributed by atoms with E-state index in [1.54, 1.807) is 18.2 Å². The molecule has 0 aliphatic rings. The number of hydrogen-bond acceptors (Lipinski definition) is 5. The molecule has 1 heterocycles. The molecule has 0 spiro atoms. The Hall–Kier alpha value is -4.33. The standard InChI is InChI=1S/C27H25FN2O5/c1-33-25-14-21(24(16-26(25)34-2)35-17-27(31)32)22-15-23(19-9-6-10-20(28)13-19)30(29-22)12-11-18-7-4-3-5-8-18/h3-10,13-16H,11-12,17H2,1-2H3,(H,31,32). The summed E-state index contributed by atoms with van der Waals surface area (Å²) in [4.78, 5) is 11.2. The van der Waals surface area contributed by atoms with E-state index in [2.05, 4.69) is 0 Å². The normalized spacial score (nSPS) is 10.7. The van der Waals surface area contributed by atoms with Crippen LogP contribution < -0.4 is 14.2 Å². The molecule has 1 N–H and O–H groups in total. The van der Waals surface area contributed by atoms with Gasteiger partial charge in [-0.3, -0.25) is 4.68 Å². The van der Waals surface area contributed by atoms with Gasteiger partial charge in [-0.2, -0.15) is 5.10 Å². The van der Waals surface area contributed by atoms with Crippen molar-refractivity contribution in [1.29, 1.82) is 0 Å². The fourth-order valence-electron chi connectivity index (χ4n) is 3.80. The molecule has 0 fully saturated rings. The monoisotopic (exact) mass is 476 g/mol. The van der Waals surface area contributed by atoms with Crippen LogP contribution in [-0.2, 0) is 17.8 Å².